The highest BCUT2D eigenvalue weighted by Crippen LogP contribution is 2.29. The van der Waals surface area contributed by atoms with E-state index in [2.05, 4.69) is 44.0 Å². The van der Waals surface area contributed by atoms with Crippen LogP contribution in [0.25, 0.3) is 10.9 Å². The molecule has 2 rings (SSSR count). The highest BCUT2D eigenvalue weighted by Gasteiger charge is 2.12. The van der Waals surface area contributed by atoms with Gasteiger partial charge in [0.25, 0.3) is 0 Å². The summed E-state index contributed by atoms with van der Waals surface area (Å²) in [5, 5.41) is 1.28. The minimum Gasteiger partial charge on any atom is -0.358 e. The van der Waals surface area contributed by atoms with E-state index in [1.54, 1.807) is 0 Å². The minimum absolute atomic E-state index is 0.0798. The van der Waals surface area contributed by atoms with Crippen LogP contribution in [0.1, 0.15) is 49.6 Å². The van der Waals surface area contributed by atoms with Crippen molar-refractivity contribution in [3.8, 4) is 0 Å². The third kappa shape index (κ3) is 1.74. The predicted molar refractivity (Wildman–Crippen MR) is 69.7 cm³/mol. The van der Waals surface area contributed by atoms with Crippen molar-refractivity contribution in [3.63, 3.8) is 0 Å². The number of aromatic amines is 1. The average Bonchev–Trinajstić information content (AvgIpc) is 2.51. The molecule has 1 heterocycles. The largest absolute Gasteiger partial charge is 0.358 e. The molecule has 1 aromatic carbocycles. The third-order valence-electron chi connectivity index (χ3n) is 3.18. The van der Waals surface area contributed by atoms with Gasteiger partial charge >= 0.3 is 0 Å². The Kier molecular flexibility index (Phi) is 2.76. The van der Waals surface area contributed by atoms with Crippen molar-refractivity contribution in [3.05, 3.63) is 35.0 Å². The fourth-order valence-corrected chi connectivity index (χ4v) is 2.31. The molecule has 0 radical (unpaired) electrons. The number of fused-ring (bicyclic) bond motifs is 1. The minimum atomic E-state index is 0.0798. The van der Waals surface area contributed by atoms with Crippen LogP contribution in [0.3, 0.4) is 0 Å². The molecule has 0 aliphatic heterocycles. The summed E-state index contributed by atoms with van der Waals surface area (Å²) < 4.78 is 0. The number of H-pyrrole nitrogens is 1. The van der Waals surface area contributed by atoms with Crippen molar-refractivity contribution in [2.75, 3.05) is 0 Å². The molecule has 0 amide bonds. The standard InChI is InChI=1S/C14H20N2/c1-8(2)11-5-6-13-12(7-11)14(9(3)15)10(4)16-13/h5-9,16H,15H2,1-4H3. The zero-order chi connectivity index (χ0) is 11.9. The van der Waals surface area contributed by atoms with Crippen molar-refractivity contribution in [1.82, 2.24) is 4.98 Å². The number of nitrogens with one attached hydrogen (secondary N) is 1. The van der Waals surface area contributed by atoms with Gasteiger partial charge in [-0.15, -0.1) is 0 Å². The lowest BCUT2D eigenvalue weighted by Crippen LogP contribution is -2.05. The Hall–Kier alpha value is -1.28. The van der Waals surface area contributed by atoms with E-state index in [-0.39, 0.29) is 6.04 Å². The fourth-order valence-electron chi connectivity index (χ4n) is 2.31. The molecule has 86 valence electrons. The normalized spacial score (nSPS) is 13.6. The molecule has 0 fully saturated rings. The first-order valence-electron chi connectivity index (χ1n) is 5.88. The van der Waals surface area contributed by atoms with Gasteiger partial charge in [0, 0.05) is 22.6 Å². The second-order valence-corrected chi connectivity index (χ2v) is 4.91. The van der Waals surface area contributed by atoms with Crippen LogP contribution in [0.15, 0.2) is 18.2 Å². The topological polar surface area (TPSA) is 41.8 Å². The van der Waals surface area contributed by atoms with Gasteiger partial charge in [0.05, 0.1) is 0 Å². The second-order valence-electron chi connectivity index (χ2n) is 4.91. The zero-order valence-corrected chi connectivity index (χ0v) is 10.5. The molecule has 2 heteroatoms. The molecule has 0 saturated heterocycles. The first-order chi connectivity index (χ1) is 7.50. The van der Waals surface area contributed by atoms with Crippen LogP contribution in [-0.2, 0) is 0 Å². The summed E-state index contributed by atoms with van der Waals surface area (Å²) in [5.74, 6) is 0.556. The van der Waals surface area contributed by atoms with E-state index in [0.29, 0.717) is 5.92 Å². The van der Waals surface area contributed by atoms with E-state index < -0.39 is 0 Å². The summed E-state index contributed by atoms with van der Waals surface area (Å²) in [4.78, 5) is 3.39. The van der Waals surface area contributed by atoms with Crippen molar-refractivity contribution < 1.29 is 0 Å². The summed E-state index contributed by atoms with van der Waals surface area (Å²) in [6, 6.07) is 6.69. The van der Waals surface area contributed by atoms with Crippen LogP contribution in [0.5, 0.6) is 0 Å². The Balaban J connectivity index is 2.69. The second kappa shape index (κ2) is 3.95. The molecular weight excluding hydrogens is 196 g/mol. The summed E-state index contributed by atoms with van der Waals surface area (Å²) in [7, 11) is 0. The highest BCUT2D eigenvalue weighted by molar-refractivity contribution is 5.85. The molecule has 1 atom stereocenters. The summed E-state index contributed by atoms with van der Waals surface area (Å²) in [6.07, 6.45) is 0. The van der Waals surface area contributed by atoms with E-state index in [4.69, 9.17) is 5.73 Å². The summed E-state index contributed by atoms with van der Waals surface area (Å²) >= 11 is 0. The van der Waals surface area contributed by atoms with Crippen molar-refractivity contribution in [2.45, 2.75) is 39.7 Å². The summed E-state index contributed by atoms with van der Waals surface area (Å²) in [5.41, 5.74) is 11.0. The van der Waals surface area contributed by atoms with E-state index in [0.717, 1.165) is 0 Å². The smallest absolute Gasteiger partial charge is 0.0459 e. The van der Waals surface area contributed by atoms with E-state index in [1.165, 1.54) is 27.7 Å². The van der Waals surface area contributed by atoms with Crippen LogP contribution >= 0.6 is 0 Å². The maximum atomic E-state index is 6.03. The lowest BCUT2D eigenvalue weighted by atomic mass is 9.98. The molecule has 0 spiro atoms. The first-order valence-corrected chi connectivity index (χ1v) is 5.88. The molecule has 0 aliphatic rings. The van der Waals surface area contributed by atoms with Crippen molar-refractivity contribution >= 4 is 10.9 Å². The molecule has 1 unspecified atom stereocenters. The molecule has 0 saturated carbocycles. The summed E-state index contributed by atoms with van der Waals surface area (Å²) in [6.45, 7) is 8.56. The Morgan fingerprint density at radius 2 is 1.88 bits per heavy atom. The van der Waals surface area contributed by atoms with Crippen molar-refractivity contribution in [2.24, 2.45) is 5.73 Å². The van der Waals surface area contributed by atoms with Crippen LogP contribution in [-0.4, -0.2) is 4.98 Å². The molecule has 16 heavy (non-hydrogen) atoms. The van der Waals surface area contributed by atoms with Gasteiger partial charge < -0.3 is 10.7 Å². The van der Waals surface area contributed by atoms with Crippen LogP contribution in [0, 0.1) is 6.92 Å². The number of nitrogens with two attached hydrogens (primary N) is 1. The lowest BCUT2D eigenvalue weighted by molar-refractivity contribution is 0.816. The van der Waals surface area contributed by atoms with Gasteiger partial charge in [-0.3, -0.25) is 0 Å². The maximum Gasteiger partial charge on any atom is 0.0459 e. The van der Waals surface area contributed by atoms with Gasteiger partial charge in [0.15, 0.2) is 0 Å². The van der Waals surface area contributed by atoms with Crippen LogP contribution in [0.2, 0.25) is 0 Å². The number of hydrogen-bond donors (Lipinski definition) is 2. The average molecular weight is 216 g/mol. The van der Waals surface area contributed by atoms with Crippen LogP contribution in [0.4, 0.5) is 0 Å². The first kappa shape index (κ1) is 11.2. The molecule has 0 aliphatic carbocycles. The van der Waals surface area contributed by atoms with Gasteiger partial charge in [-0.05, 0) is 43.0 Å². The van der Waals surface area contributed by atoms with Gasteiger partial charge in [0.2, 0.25) is 0 Å². The predicted octanol–water partition coefficient (Wildman–Crippen LogP) is 3.62. The number of aromatic nitrogens is 1. The zero-order valence-electron chi connectivity index (χ0n) is 10.5. The fraction of sp³-hybridized carbons (Fsp3) is 0.429. The highest BCUT2D eigenvalue weighted by atomic mass is 14.7. The Bertz CT molecular complexity index is 507. The lowest BCUT2D eigenvalue weighted by Gasteiger charge is -2.08. The van der Waals surface area contributed by atoms with Gasteiger partial charge in [-0.2, -0.15) is 0 Å². The quantitative estimate of drug-likeness (QED) is 0.791. The number of aryl methyl sites for hydroxylation is 1. The third-order valence-corrected chi connectivity index (χ3v) is 3.18. The maximum absolute atomic E-state index is 6.03. The monoisotopic (exact) mass is 216 g/mol. The molecule has 1 aromatic heterocycles. The Morgan fingerprint density at radius 1 is 1.19 bits per heavy atom. The van der Waals surface area contributed by atoms with Crippen molar-refractivity contribution in [1.29, 1.82) is 0 Å². The van der Waals surface area contributed by atoms with Crippen LogP contribution < -0.4 is 5.73 Å². The molecular formula is C14H20N2. The van der Waals surface area contributed by atoms with E-state index in [1.807, 2.05) is 6.92 Å². The molecule has 3 N–H and O–H groups in total. The van der Waals surface area contributed by atoms with E-state index in [9.17, 15) is 0 Å². The molecule has 0 bridgehead atoms. The SMILES string of the molecule is Cc1[nH]c2ccc(C(C)C)cc2c1C(C)N. The van der Waals surface area contributed by atoms with Gasteiger partial charge in [-0.25, -0.2) is 0 Å². The van der Waals surface area contributed by atoms with Gasteiger partial charge in [-0.1, -0.05) is 19.9 Å². The number of rotatable bonds is 2. The Labute approximate surface area is 96.9 Å². The number of benzene rings is 1. The molecule has 2 aromatic rings. The molecule has 2 nitrogen and oxygen atoms in total. The van der Waals surface area contributed by atoms with Gasteiger partial charge in [0.1, 0.15) is 0 Å². The number of hydrogen-bond acceptors (Lipinski definition) is 1. The Morgan fingerprint density at radius 3 is 2.44 bits per heavy atom. The van der Waals surface area contributed by atoms with E-state index >= 15 is 0 Å².